The van der Waals surface area contributed by atoms with Gasteiger partial charge in [-0.3, -0.25) is 9.59 Å². The Hall–Kier alpha value is -3.22. The number of rotatable bonds is 4. The second kappa shape index (κ2) is 8.53. The van der Waals surface area contributed by atoms with Crippen LogP contribution in [-0.2, 0) is 13.0 Å². The molecule has 0 atom stereocenters. The van der Waals surface area contributed by atoms with Gasteiger partial charge in [-0.15, -0.1) is 0 Å². The third-order valence-corrected chi connectivity index (χ3v) is 7.66. The molecule has 2 aromatic carbocycles. The fraction of sp³-hybridized carbons (Fsp3) is 0.222. The third-order valence-electron chi connectivity index (χ3n) is 6.44. The van der Waals surface area contributed by atoms with Gasteiger partial charge in [-0.1, -0.05) is 60.2 Å². The van der Waals surface area contributed by atoms with Crippen molar-refractivity contribution in [2.75, 3.05) is 0 Å². The lowest BCUT2D eigenvalue weighted by Crippen LogP contribution is -2.33. The minimum absolute atomic E-state index is 0.261. The quantitative estimate of drug-likeness (QED) is 0.364. The predicted molar refractivity (Wildman–Crippen MR) is 140 cm³/mol. The standard InChI is InChI=1S/C27H24ClN3O2S/c1-5-20-16(3)29-27-31(25(20)32)26(33)23(34-27)13-22-17(4)30(14-18-9-11-19(28)12-10-18)24-15(2)7-6-8-21(22)24/h6-13H,5,14H2,1-4H3/b23-13-. The van der Waals surface area contributed by atoms with Crippen molar-refractivity contribution in [3.63, 3.8) is 0 Å². The van der Waals surface area contributed by atoms with Crippen LogP contribution in [0, 0.1) is 20.8 Å². The summed E-state index contributed by atoms with van der Waals surface area (Å²) in [5, 5.41) is 1.79. The van der Waals surface area contributed by atoms with Crippen LogP contribution < -0.4 is 15.7 Å². The Morgan fingerprint density at radius 3 is 2.47 bits per heavy atom. The molecule has 0 unspecified atom stereocenters. The zero-order valence-corrected chi connectivity index (χ0v) is 21.0. The number of para-hydroxylation sites is 1. The number of halogens is 1. The number of benzene rings is 2. The normalized spacial score (nSPS) is 12.3. The van der Waals surface area contributed by atoms with Crippen molar-refractivity contribution < 1.29 is 0 Å². The second-order valence-electron chi connectivity index (χ2n) is 8.55. The van der Waals surface area contributed by atoms with E-state index in [1.165, 1.54) is 15.7 Å². The monoisotopic (exact) mass is 489 g/mol. The van der Waals surface area contributed by atoms with Crippen LogP contribution in [-0.4, -0.2) is 14.0 Å². The van der Waals surface area contributed by atoms with Crippen molar-refractivity contribution in [2.24, 2.45) is 0 Å². The molecule has 0 radical (unpaired) electrons. The van der Waals surface area contributed by atoms with Crippen molar-refractivity contribution in [3.8, 4) is 0 Å². The molecular weight excluding hydrogens is 466 g/mol. The Balaban J connectivity index is 1.77. The van der Waals surface area contributed by atoms with E-state index in [0.29, 0.717) is 38.7 Å². The molecule has 0 aliphatic rings. The molecule has 0 spiro atoms. The Morgan fingerprint density at radius 1 is 1.03 bits per heavy atom. The van der Waals surface area contributed by atoms with E-state index in [9.17, 15) is 9.59 Å². The molecule has 0 aliphatic heterocycles. The predicted octanol–water partition coefficient (Wildman–Crippen LogP) is 4.81. The minimum atomic E-state index is -0.308. The highest BCUT2D eigenvalue weighted by molar-refractivity contribution is 7.15. The summed E-state index contributed by atoms with van der Waals surface area (Å²) in [5.41, 5.74) is 6.18. The number of fused-ring (bicyclic) bond motifs is 2. The van der Waals surface area contributed by atoms with Gasteiger partial charge < -0.3 is 4.57 Å². The fourth-order valence-electron chi connectivity index (χ4n) is 4.66. The van der Waals surface area contributed by atoms with E-state index in [4.69, 9.17) is 11.6 Å². The van der Waals surface area contributed by atoms with E-state index in [0.717, 1.165) is 33.3 Å². The molecule has 3 aromatic heterocycles. The van der Waals surface area contributed by atoms with E-state index in [1.807, 2.05) is 50.3 Å². The second-order valence-corrected chi connectivity index (χ2v) is 10.00. The van der Waals surface area contributed by atoms with Crippen molar-refractivity contribution >= 4 is 44.9 Å². The van der Waals surface area contributed by atoms with Crippen molar-refractivity contribution in [1.82, 2.24) is 14.0 Å². The molecule has 0 fully saturated rings. The number of aryl methyl sites for hydroxylation is 2. The SMILES string of the molecule is CCc1c(C)nc2s/c(=C\c3c(C)n(Cc4ccc(Cl)cc4)c4c(C)cccc34)c(=O)n2c1=O. The van der Waals surface area contributed by atoms with E-state index < -0.39 is 0 Å². The lowest BCUT2D eigenvalue weighted by Gasteiger charge is -2.10. The summed E-state index contributed by atoms with van der Waals surface area (Å²) in [6.45, 7) is 8.59. The Morgan fingerprint density at radius 2 is 1.76 bits per heavy atom. The molecule has 0 aliphatic carbocycles. The summed E-state index contributed by atoms with van der Waals surface area (Å²) in [4.78, 5) is 31.2. The van der Waals surface area contributed by atoms with Gasteiger partial charge in [-0.2, -0.15) is 0 Å². The van der Waals surface area contributed by atoms with E-state index in [2.05, 4.69) is 35.5 Å². The van der Waals surface area contributed by atoms with Crippen LogP contribution in [0.1, 0.15) is 40.6 Å². The summed E-state index contributed by atoms with van der Waals surface area (Å²) in [6.07, 6.45) is 2.46. The molecule has 7 heteroatoms. The Kier molecular flexibility index (Phi) is 5.66. The highest BCUT2D eigenvalue weighted by atomic mass is 35.5. The first-order chi connectivity index (χ1) is 16.3. The van der Waals surface area contributed by atoms with E-state index >= 15 is 0 Å². The van der Waals surface area contributed by atoms with Gasteiger partial charge in [0.2, 0.25) is 4.96 Å². The fourth-order valence-corrected chi connectivity index (χ4v) is 5.78. The van der Waals surface area contributed by atoms with Gasteiger partial charge in [-0.05, 0) is 56.5 Å². The van der Waals surface area contributed by atoms with Crippen molar-refractivity contribution in [2.45, 2.75) is 40.7 Å². The lowest BCUT2D eigenvalue weighted by atomic mass is 10.1. The number of thiazole rings is 1. The minimum Gasteiger partial charge on any atom is -0.340 e. The zero-order valence-electron chi connectivity index (χ0n) is 19.5. The van der Waals surface area contributed by atoms with E-state index in [1.54, 1.807) is 0 Å². The summed E-state index contributed by atoms with van der Waals surface area (Å²) < 4.78 is 4.00. The molecule has 0 bridgehead atoms. The van der Waals surface area contributed by atoms with Gasteiger partial charge in [0.25, 0.3) is 11.1 Å². The topological polar surface area (TPSA) is 56.4 Å². The Bertz CT molecular complexity index is 1740. The highest BCUT2D eigenvalue weighted by Crippen LogP contribution is 2.30. The van der Waals surface area contributed by atoms with Gasteiger partial charge in [0.1, 0.15) is 0 Å². The summed E-state index contributed by atoms with van der Waals surface area (Å²) in [7, 11) is 0. The van der Waals surface area contributed by atoms with Gasteiger partial charge in [0, 0.05) is 39.5 Å². The molecule has 5 nitrogen and oxygen atoms in total. The average Bonchev–Trinajstić information content (AvgIpc) is 3.25. The average molecular weight is 490 g/mol. The van der Waals surface area contributed by atoms with Crippen LogP contribution in [0.15, 0.2) is 52.1 Å². The maximum Gasteiger partial charge on any atom is 0.277 e. The Labute approximate surface area is 205 Å². The molecule has 5 rings (SSSR count). The first-order valence-corrected chi connectivity index (χ1v) is 12.4. The number of hydrogen-bond donors (Lipinski definition) is 0. The van der Waals surface area contributed by atoms with Gasteiger partial charge in [0.05, 0.1) is 10.0 Å². The van der Waals surface area contributed by atoms with Gasteiger partial charge in [-0.25, -0.2) is 9.38 Å². The van der Waals surface area contributed by atoms with Crippen LogP contribution in [0.5, 0.6) is 0 Å². The first-order valence-electron chi connectivity index (χ1n) is 11.2. The maximum atomic E-state index is 13.3. The number of aromatic nitrogens is 3. The van der Waals surface area contributed by atoms with Gasteiger partial charge >= 0.3 is 0 Å². The lowest BCUT2D eigenvalue weighted by molar-refractivity contribution is 0.801. The van der Waals surface area contributed by atoms with Crippen molar-refractivity contribution in [3.05, 3.63) is 106 Å². The molecule has 0 N–H and O–H groups in total. The molecule has 0 saturated heterocycles. The molecule has 172 valence electrons. The molecular formula is C27H24ClN3O2S. The molecule has 34 heavy (non-hydrogen) atoms. The highest BCUT2D eigenvalue weighted by Gasteiger charge is 2.17. The van der Waals surface area contributed by atoms with Crippen LogP contribution >= 0.6 is 22.9 Å². The molecule has 0 amide bonds. The van der Waals surface area contributed by atoms with Crippen molar-refractivity contribution in [1.29, 1.82) is 0 Å². The van der Waals surface area contributed by atoms with Crippen LogP contribution in [0.25, 0.3) is 21.9 Å². The largest absolute Gasteiger partial charge is 0.340 e. The summed E-state index contributed by atoms with van der Waals surface area (Å²) >= 11 is 7.34. The first kappa shape index (κ1) is 22.6. The maximum absolute atomic E-state index is 13.3. The van der Waals surface area contributed by atoms with Crippen LogP contribution in [0.2, 0.25) is 5.02 Å². The van der Waals surface area contributed by atoms with Crippen LogP contribution in [0.4, 0.5) is 0 Å². The van der Waals surface area contributed by atoms with E-state index in [-0.39, 0.29) is 11.1 Å². The summed E-state index contributed by atoms with van der Waals surface area (Å²) in [5.74, 6) is 0. The smallest absolute Gasteiger partial charge is 0.277 e. The third kappa shape index (κ3) is 3.58. The number of hydrogen-bond acceptors (Lipinski definition) is 4. The zero-order chi connectivity index (χ0) is 24.1. The summed E-state index contributed by atoms with van der Waals surface area (Å²) in [6, 6.07) is 14.1. The molecule has 0 saturated carbocycles. The van der Waals surface area contributed by atoms with Crippen LogP contribution in [0.3, 0.4) is 0 Å². The molecule has 5 aromatic rings. The van der Waals surface area contributed by atoms with Gasteiger partial charge in [0.15, 0.2) is 0 Å². The number of nitrogens with zero attached hydrogens (tertiary/aromatic N) is 3. The molecule has 3 heterocycles.